The lowest BCUT2D eigenvalue weighted by molar-refractivity contribution is -0.130. The minimum absolute atomic E-state index is 0.0652. The highest BCUT2D eigenvalue weighted by molar-refractivity contribution is 5.96. The van der Waals surface area contributed by atoms with E-state index in [9.17, 15) is 19.2 Å². The fourth-order valence-electron chi connectivity index (χ4n) is 3.42. The quantitative estimate of drug-likeness (QED) is 0.294. The fraction of sp³-hybridized carbons (Fsp3) is 0.478. The van der Waals surface area contributed by atoms with Gasteiger partial charge in [0.1, 0.15) is 0 Å². The molecule has 0 fully saturated rings. The monoisotopic (exact) mass is 458 g/mol. The normalized spacial score (nSPS) is 17.3. The molecule has 0 saturated carbocycles. The summed E-state index contributed by atoms with van der Waals surface area (Å²) >= 11 is 0. The lowest BCUT2D eigenvalue weighted by atomic mass is 10.1. The Hall–Kier alpha value is -3.24. The molecule has 33 heavy (non-hydrogen) atoms. The molecule has 0 spiro atoms. The van der Waals surface area contributed by atoms with E-state index in [1.807, 2.05) is 13.8 Å². The first-order chi connectivity index (χ1) is 15.7. The molecule has 0 saturated heterocycles. The van der Waals surface area contributed by atoms with Crippen LogP contribution in [0.2, 0.25) is 0 Å². The van der Waals surface area contributed by atoms with Crippen LogP contribution in [0.4, 0.5) is 0 Å². The number of hydrogen-bond acceptors (Lipinski definition) is 6. The van der Waals surface area contributed by atoms with Crippen molar-refractivity contribution in [1.82, 2.24) is 20.4 Å². The molecular weight excluding hydrogens is 424 g/mol. The van der Waals surface area contributed by atoms with Gasteiger partial charge in [0.2, 0.25) is 23.6 Å². The topological polar surface area (TPSA) is 151 Å². The van der Waals surface area contributed by atoms with Crippen LogP contribution < -0.4 is 22.1 Å². The first-order valence-corrected chi connectivity index (χ1v) is 11.1. The van der Waals surface area contributed by atoms with Crippen LogP contribution in [0.3, 0.4) is 0 Å². The van der Waals surface area contributed by atoms with Crippen LogP contribution >= 0.6 is 0 Å². The maximum atomic E-state index is 12.5. The van der Waals surface area contributed by atoms with Crippen LogP contribution in [0.25, 0.3) is 0 Å². The van der Waals surface area contributed by atoms with Crippen molar-refractivity contribution in [3.8, 4) is 0 Å². The molecule has 0 aromatic heterocycles. The molecule has 6 N–H and O–H groups in total. The summed E-state index contributed by atoms with van der Waals surface area (Å²) in [7, 11) is 0. The Labute approximate surface area is 194 Å². The van der Waals surface area contributed by atoms with E-state index >= 15 is 0 Å². The Balaban J connectivity index is 1.56. The molecule has 0 aromatic rings. The maximum absolute atomic E-state index is 12.5. The molecule has 2 aliphatic heterocycles. The van der Waals surface area contributed by atoms with E-state index in [4.69, 9.17) is 11.5 Å². The van der Waals surface area contributed by atoms with Gasteiger partial charge in [0, 0.05) is 36.6 Å². The third kappa shape index (κ3) is 7.99. The number of rotatable bonds is 12. The molecule has 10 nitrogen and oxygen atoms in total. The van der Waals surface area contributed by atoms with E-state index in [2.05, 4.69) is 10.6 Å². The third-order valence-electron chi connectivity index (χ3n) is 5.51. The van der Waals surface area contributed by atoms with Gasteiger partial charge in [0.05, 0.1) is 12.1 Å². The molecular formula is C23H34N6O4. The van der Waals surface area contributed by atoms with Crippen LogP contribution in [0.5, 0.6) is 0 Å². The second-order valence-corrected chi connectivity index (χ2v) is 8.07. The lowest BCUT2D eigenvalue weighted by Gasteiger charge is -2.24. The molecule has 2 atom stereocenters. The SMILES string of the molecule is CC(NCCCCCNC(C)C(=O)N1C=CC(C(N)=O)=CC1)C(=O)N1C=CC(C(N)=O)=CC1. The largest absolute Gasteiger partial charge is 0.366 e. The van der Waals surface area contributed by atoms with E-state index in [1.165, 1.54) is 0 Å². The predicted molar refractivity (Wildman–Crippen MR) is 125 cm³/mol. The van der Waals surface area contributed by atoms with E-state index in [-0.39, 0.29) is 23.9 Å². The molecule has 10 heteroatoms. The first kappa shape index (κ1) is 26.0. The third-order valence-corrected chi connectivity index (χ3v) is 5.51. The number of nitrogens with one attached hydrogen (secondary N) is 2. The van der Waals surface area contributed by atoms with E-state index < -0.39 is 11.8 Å². The van der Waals surface area contributed by atoms with Crippen LogP contribution in [-0.2, 0) is 19.2 Å². The molecule has 4 amide bonds. The highest BCUT2D eigenvalue weighted by Crippen LogP contribution is 2.09. The van der Waals surface area contributed by atoms with Crippen LogP contribution in [0.1, 0.15) is 33.1 Å². The van der Waals surface area contributed by atoms with Gasteiger partial charge >= 0.3 is 0 Å². The smallest absolute Gasteiger partial charge is 0.248 e. The minimum Gasteiger partial charge on any atom is -0.366 e. The van der Waals surface area contributed by atoms with Gasteiger partial charge < -0.3 is 31.9 Å². The molecule has 2 heterocycles. The fourth-order valence-corrected chi connectivity index (χ4v) is 3.42. The van der Waals surface area contributed by atoms with Crippen molar-refractivity contribution in [1.29, 1.82) is 0 Å². The maximum Gasteiger partial charge on any atom is 0.248 e. The summed E-state index contributed by atoms with van der Waals surface area (Å²) in [6.07, 6.45) is 12.3. The molecule has 2 aliphatic rings. The molecule has 180 valence electrons. The highest BCUT2D eigenvalue weighted by atomic mass is 16.2. The van der Waals surface area contributed by atoms with E-state index in [0.717, 1.165) is 19.3 Å². The standard InChI is InChI=1S/C23H34N6O4/c1-16(22(32)28-12-6-18(7-13-28)20(24)30)26-10-4-3-5-11-27-17(2)23(33)29-14-8-19(9-15-29)21(25)31/h6-9,12,14,16-17,26-27H,3-5,10-11,13,15H2,1-2H3,(H2,24,30)(H2,25,31). The van der Waals surface area contributed by atoms with Crippen molar-refractivity contribution >= 4 is 23.6 Å². The number of nitrogens with two attached hydrogens (primary N) is 2. The average Bonchev–Trinajstić information content (AvgIpc) is 2.82. The van der Waals surface area contributed by atoms with Gasteiger partial charge in [-0.3, -0.25) is 19.2 Å². The van der Waals surface area contributed by atoms with Gasteiger partial charge in [-0.25, -0.2) is 0 Å². The number of carbonyl (C=O) groups excluding carboxylic acids is 4. The van der Waals surface area contributed by atoms with Gasteiger partial charge in [0.15, 0.2) is 0 Å². The summed E-state index contributed by atoms with van der Waals surface area (Å²) in [6.45, 7) is 5.70. The number of carbonyl (C=O) groups is 4. The van der Waals surface area contributed by atoms with Gasteiger partial charge in [-0.15, -0.1) is 0 Å². The summed E-state index contributed by atoms with van der Waals surface area (Å²) in [5, 5.41) is 6.44. The first-order valence-electron chi connectivity index (χ1n) is 11.1. The van der Waals surface area contributed by atoms with Gasteiger partial charge in [0.25, 0.3) is 0 Å². The van der Waals surface area contributed by atoms with Crippen molar-refractivity contribution in [2.45, 2.75) is 45.2 Å². The van der Waals surface area contributed by atoms with Crippen molar-refractivity contribution in [3.63, 3.8) is 0 Å². The van der Waals surface area contributed by atoms with Gasteiger partial charge in [-0.05, 0) is 51.9 Å². The molecule has 0 bridgehead atoms. The number of primary amides is 2. The summed E-state index contributed by atoms with van der Waals surface area (Å²) in [6, 6.07) is -0.675. The van der Waals surface area contributed by atoms with Gasteiger partial charge in [-0.1, -0.05) is 18.6 Å². The van der Waals surface area contributed by atoms with Crippen LogP contribution in [-0.4, -0.2) is 71.7 Å². The summed E-state index contributed by atoms with van der Waals surface area (Å²) < 4.78 is 0. The van der Waals surface area contributed by atoms with Crippen molar-refractivity contribution in [3.05, 3.63) is 47.9 Å². The van der Waals surface area contributed by atoms with Crippen LogP contribution in [0.15, 0.2) is 47.9 Å². The van der Waals surface area contributed by atoms with Crippen molar-refractivity contribution < 1.29 is 19.2 Å². The minimum atomic E-state index is -0.503. The molecule has 0 radical (unpaired) electrons. The van der Waals surface area contributed by atoms with Crippen molar-refractivity contribution in [2.24, 2.45) is 11.5 Å². The summed E-state index contributed by atoms with van der Waals surface area (Å²) in [5.74, 6) is -1.14. The van der Waals surface area contributed by atoms with E-state index in [1.54, 1.807) is 46.5 Å². The lowest BCUT2D eigenvalue weighted by Crippen LogP contribution is -2.44. The second-order valence-electron chi connectivity index (χ2n) is 8.07. The van der Waals surface area contributed by atoms with Crippen molar-refractivity contribution in [2.75, 3.05) is 26.2 Å². The second kappa shape index (κ2) is 12.7. The Morgan fingerprint density at radius 3 is 1.48 bits per heavy atom. The number of unbranched alkanes of at least 4 members (excludes halogenated alkanes) is 2. The average molecular weight is 459 g/mol. The van der Waals surface area contributed by atoms with E-state index in [0.29, 0.717) is 37.3 Å². The Morgan fingerprint density at radius 2 is 1.18 bits per heavy atom. The number of amides is 4. The molecule has 2 unspecified atom stereocenters. The Kier molecular flexibility index (Phi) is 10.0. The van der Waals surface area contributed by atoms with Crippen LogP contribution in [0, 0.1) is 0 Å². The Bertz CT molecular complexity index is 806. The Morgan fingerprint density at radius 1 is 0.788 bits per heavy atom. The summed E-state index contributed by atoms with van der Waals surface area (Å²) in [5.41, 5.74) is 11.3. The zero-order chi connectivity index (χ0) is 24.4. The van der Waals surface area contributed by atoms with Gasteiger partial charge in [-0.2, -0.15) is 0 Å². The zero-order valence-electron chi connectivity index (χ0n) is 19.3. The number of nitrogens with zero attached hydrogens (tertiary/aromatic N) is 2. The molecule has 2 rings (SSSR count). The number of hydrogen-bond donors (Lipinski definition) is 4. The molecule has 0 aliphatic carbocycles. The predicted octanol–water partition coefficient (Wildman–Crippen LogP) is -0.352. The molecule has 0 aromatic carbocycles. The highest BCUT2D eigenvalue weighted by Gasteiger charge is 2.21. The summed E-state index contributed by atoms with van der Waals surface area (Å²) in [4.78, 5) is 50.3. The zero-order valence-corrected chi connectivity index (χ0v) is 19.3.